The molecule has 0 bridgehead atoms. The van der Waals surface area contributed by atoms with Gasteiger partial charge in [-0.1, -0.05) is 6.42 Å². The molecule has 2 aliphatic rings. The summed E-state index contributed by atoms with van der Waals surface area (Å²) < 4.78 is 0. The number of nitrogens with zero attached hydrogens (tertiary/aromatic N) is 3. The van der Waals surface area contributed by atoms with Gasteiger partial charge in [-0.15, -0.1) is 11.3 Å². The van der Waals surface area contributed by atoms with Crippen LogP contribution in [0.3, 0.4) is 0 Å². The van der Waals surface area contributed by atoms with Gasteiger partial charge in [0.2, 0.25) is 0 Å². The Morgan fingerprint density at radius 1 is 1.19 bits per heavy atom. The molecular weight excluding hydrogens is 280 g/mol. The molecule has 2 saturated heterocycles. The minimum Gasteiger partial charge on any atom is -0.348 e. The third kappa shape index (κ3) is 3.58. The third-order valence-corrected chi connectivity index (χ3v) is 5.95. The highest BCUT2D eigenvalue weighted by Crippen LogP contribution is 2.28. The van der Waals surface area contributed by atoms with E-state index in [4.69, 9.17) is 4.98 Å². The van der Waals surface area contributed by atoms with Crippen LogP contribution in [0, 0.1) is 0 Å². The van der Waals surface area contributed by atoms with Gasteiger partial charge in [0.05, 0.1) is 5.69 Å². The summed E-state index contributed by atoms with van der Waals surface area (Å²) >= 11 is 1.80. The van der Waals surface area contributed by atoms with Crippen LogP contribution < -0.4 is 10.2 Å². The maximum absolute atomic E-state index is 4.81. The van der Waals surface area contributed by atoms with Crippen LogP contribution in [0.2, 0.25) is 0 Å². The van der Waals surface area contributed by atoms with Gasteiger partial charge in [-0.25, -0.2) is 4.98 Å². The van der Waals surface area contributed by atoms with Gasteiger partial charge in [0.15, 0.2) is 5.13 Å². The summed E-state index contributed by atoms with van der Waals surface area (Å²) in [4.78, 5) is 10.0. The molecule has 1 aromatic heterocycles. The Balaban J connectivity index is 1.54. The van der Waals surface area contributed by atoms with Crippen molar-refractivity contribution >= 4 is 16.5 Å². The fourth-order valence-electron chi connectivity index (χ4n) is 3.47. The minimum absolute atomic E-state index is 0.348. The first kappa shape index (κ1) is 15.3. The zero-order valence-corrected chi connectivity index (χ0v) is 14.2. The highest BCUT2D eigenvalue weighted by atomic mass is 32.1. The quantitative estimate of drug-likeness (QED) is 0.927. The number of hydrogen-bond acceptors (Lipinski definition) is 5. The Morgan fingerprint density at radius 2 is 1.90 bits per heavy atom. The average molecular weight is 308 g/mol. The van der Waals surface area contributed by atoms with Crippen LogP contribution >= 0.6 is 11.3 Å². The molecule has 3 heterocycles. The van der Waals surface area contributed by atoms with Crippen molar-refractivity contribution < 1.29 is 0 Å². The van der Waals surface area contributed by atoms with Gasteiger partial charge in [-0.2, -0.15) is 0 Å². The van der Waals surface area contributed by atoms with Crippen molar-refractivity contribution in [1.82, 2.24) is 15.2 Å². The number of aromatic nitrogens is 1. The van der Waals surface area contributed by atoms with Crippen molar-refractivity contribution in [2.24, 2.45) is 0 Å². The molecule has 0 radical (unpaired) electrons. The van der Waals surface area contributed by atoms with E-state index < -0.39 is 0 Å². The molecule has 0 saturated carbocycles. The topological polar surface area (TPSA) is 31.4 Å². The van der Waals surface area contributed by atoms with E-state index in [1.165, 1.54) is 69.1 Å². The second kappa shape index (κ2) is 7.07. The Morgan fingerprint density at radius 3 is 2.57 bits per heavy atom. The molecule has 3 rings (SSSR count). The summed E-state index contributed by atoms with van der Waals surface area (Å²) in [5.41, 5.74) is 1.18. The first-order chi connectivity index (χ1) is 10.3. The predicted octanol–water partition coefficient (Wildman–Crippen LogP) is 2.88. The zero-order valence-electron chi connectivity index (χ0n) is 13.3. The molecule has 2 aliphatic heterocycles. The Hall–Kier alpha value is -0.650. The minimum atomic E-state index is 0.348. The molecule has 1 atom stereocenters. The van der Waals surface area contributed by atoms with Crippen molar-refractivity contribution in [1.29, 1.82) is 0 Å². The first-order valence-electron chi connectivity index (χ1n) is 8.39. The van der Waals surface area contributed by atoms with Gasteiger partial charge in [0, 0.05) is 30.6 Å². The number of anilines is 1. The van der Waals surface area contributed by atoms with Crippen molar-refractivity contribution in [3.63, 3.8) is 0 Å². The van der Waals surface area contributed by atoms with Gasteiger partial charge in [0.1, 0.15) is 0 Å². The van der Waals surface area contributed by atoms with Crippen molar-refractivity contribution in [3.8, 4) is 0 Å². The Labute approximate surface area is 132 Å². The van der Waals surface area contributed by atoms with Crippen LogP contribution in [-0.2, 0) is 0 Å². The van der Waals surface area contributed by atoms with Gasteiger partial charge >= 0.3 is 0 Å². The van der Waals surface area contributed by atoms with Gasteiger partial charge in [0.25, 0.3) is 0 Å². The molecule has 2 fully saturated rings. The lowest BCUT2D eigenvalue weighted by Gasteiger charge is -2.40. The SMILES string of the molecule is CNC(C)c1csc(N2CCC(N3CCCCC3)CC2)n1. The number of nitrogens with one attached hydrogen (secondary N) is 1. The van der Waals surface area contributed by atoms with E-state index in [9.17, 15) is 0 Å². The molecule has 0 spiro atoms. The molecule has 1 N–H and O–H groups in total. The molecule has 0 amide bonds. The summed E-state index contributed by atoms with van der Waals surface area (Å²) in [6.07, 6.45) is 6.84. The monoisotopic (exact) mass is 308 g/mol. The molecule has 21 heavy (non-hydrogen) atoms. The zero-order chi connectivity index (χ0) is 14.7. The molecular formula is C16H28N4S. The van der Waals surface area contributed by atoms with E-state index in [0.29, 0.717) is 6.04 Å². The van der Waals surface area contributed by atoms with Crippen LogP contribution in [0.25, 0.3) is 0 Å². The van der Waals surface area contributed by atoms with Gasteiger partial charge in [-0.3, -0.25) is 0 Å². The van der Waals surface area contributed by atoms with Crippen LogP contribution in [0.5, 0.6) is 0 Å². The van der Waals surface area contributed by atoms with E-state index in [2.05, 4.69) is 27.4 Å². The number of likely N-dealkylation sites (tertiary alicyclic amines) is 1. The molecule has 1 aromatic rings. The molecule has 0 aromatic carbocycles. The maximum atomic E-state index is 4.81. The smallest absolute Gasteiger partial charge is 0.185 e. The van der Waals surface area contributed by atoms with E-state index in [0.717, 1.165) is 6.04 Å². The van der Waals surface area contributed by atoms with Crippen LogP contribution in [0.4, 0.5) is 5.13 Å². The summed E-state index contributed by atoms with van der Waals surface area (Å²) in [6, 6.07) is 1.16. The summed E-state index contributed by atoms with van der Waals surface area (Å²) in [5, 5.41) is 6.68. The molecule has 0 aliphatic carbocycles. The number of rotatable bonds is 4. The summed E-state index contributed by atoms with van der Waals surface area (Å²) in [7, 11) is 1.99. The van der Waals surface area contributed by atoms with Gasteiger partial charge < -0.3 is 15.1 Å². The van der Waals surface area contributed by atoms with E-state index in [-0.39, 0.29) is 0 Å². The molecule has 1 unspecified atom stereocenters. The molecule has 118 valence electrons. The lowest BCUT2D eigenvalue weighted by atomic mass is 10.0. The average Bonchev–Trinajstić information content (AvgIpc) is 3.05. The molecule has 4 nitrogen and oxygen atoms in total. The lowest BCUT2D eigenvalue weighted by Crippen LogP contribution is -2.46. The van der Waals surface area contributed by atoms with Crippen LogP contribution in [0.1, 0.15) is 50.8 Å². The van der Waals surface area contributed by atoms with Crippen molar-refractivity contribution in [2.75, 3.05) is 38.1 Å². The lowest BCUT2D eigenvalue weighted by molar-refractivity contribution is 0.141. The highest BCUT2D eigenvalue weighted by molar-refractivity contribution is 7.13. The number of thiazole rings is 1. The summed E-state index contributed by atoms with van der Waals surface area (Å²) in [5.74, 6) is 0. The van der Waals surface area contributed by atoms with E-state index >= 15 is 0 Å². The fourth-order valence-corrected chi connectivity index (χ4v) is 4.45. The number of hydrogen-bond donors (Lipinski definition) is 1. The largest absolute Gasteiger partial charge is 0.348 e. The number of piperidine rings is 2. The maximum Gasteiger partial charge on any atom is 0.185 e. The Bertz CT molecular complexity index is 433. The standard InChI is InChI=1S/C16H28N4S/c1-13(17-2)15-12-21-16(18-15)20-10-6-14(7-11-20)19-8-4-3-5-9-19/h12-14,17H,3-11H2,1-2H3. The first-order valence-corrected chi connectivity index (χ1v) is 9.27. The van der Waals surface area contributed by atoms with Crippen molar-refractivity contribution in [2.45, 2.75) is 51.1 Å². The molecule has 5 heteroatoms. The summed E-state index contributed by atoms with van der Waals surface area (Å²) in [6.45, 7) is 7.16. The van der Waals surface area contributed by atoms with E-state index in [1.54, 1.807) is 11.3 Å². The van der Waals surface area contributed by atoms with Gasteiger partial charge in [-0.05, 0) is 52.7 Å². The van der Waals surface area contributed by atoms with E-state index in [1.807, 2.05) is 7.05 Å². The highest BCUT2D eigenvalue weighted by Gasteiger charge is 2.26. The van der Waals surface area contributed by atoms with Crippen molar-refractivity contribution in [3.05, 3.63) is 11.1 Å². The normalized spacial score (nSPS) is 23.4. The second-order valence-electron chi connectivity index (χ2n) is 6.38. The van der Waals surface area contributed by atoms with Crippen LogP contribution in [-0.4, -0.2) is 49.2 Å². The fraction of sp³-hybridized carbons (Fsp3) is 0.812. The third-order valence-electron chi connectivity index (χ3n) is 5.03. The Kier molecular flexibility index (Phi) is 5.14. The second-order valence-corrected chi connectivity index (χ2v) is 7.22. The predicted molar refractivity (Wildman–Crippen MR) is 90.2 cm³/mol. The van der Waals surface area contributed by atoms with Crippen LogP contribution in [0.15, 0.2) is 5.38 Å².